The average molecular weight is 305 g/mol. The summed E-state index contributed by atoms with van der Waals surface area (Å²) in [6.07, 6.45) is 8.54. The van der Waals surface area contributed by atoms with Crippen molar-refractivity contribution in [2.24, 2.45) is 0 Å². The molecule has 1 rings (SSSR count). The summed E-state index contributed by atoms with van der Waals surface area (Å²) in [7, 11) is 0. The number of aryl methyl sites for hydroxylation is 1. The van der Waals surface area contributed by atoms with Crippen molar-refractivity contribution in [1.29, 1.82) is 0 Å². The van der Waals surface area contributed by atoms with Gasteiger partial charge in [-0.25, -0.2) is 4.79 Å². The number of hydrogen-bond acceptors (Lipinski definition) is 2. The van der Waals surface area contributed by atoms with Gasteiger partial charge in [-0.1, -0.05) is 57.6 Å². The second-order valence-electron chi connectivity index (χ2n) is 5.72. The number of rotatable bonds is 10. The molecule has 0 bridgehead atoms. The maximum Gasteiger partial charge on any atom is 0.337 e. The number of carbonyl (C=O) groups excluding carboxylic acids is 1. The van der Waals surface area contributed by atoms with Crippen molar-refractivity contribution < 1.29 is 14.7 Å². The SMILES string of the molecule is CCCCCCCCCC(=O)Nc1c(C)cccc1C(=O)O. The summed E-state index contributed by atoms with van der Waals surface area (Å²) in [5.74, 6) is -1.12. The van der Waals surface area contributed by atoms with E-state index in [-0.39, 0.29) is 11.5 Å². The highest BCUT2D eigenvalue weighted by Crippen LogP contribution is 2.21. The van der Waals surface area contributed by atoms with Gasteiger partial charge in [0.2, 0.25) is 5.91 Å². The molecule has 0 aliphatic heterocycles. The molecule has 0 fully saturated rings. The average Bonchev–Trinajstić information content (AvgIpc) is 2.48. The van der Waals surface area contributed by atoms with Crippen LogP contribution < -0.4 is 5.32 Å². The van der Waals surface area contributed by atoms with Gasteiger partial charge in [0.05, 0.1) is 11.3 Å². The van der Waals surface area contributed by atoms with Crippen LogP contribution in [0.3, 0.4) is 0 Å². The molecule has 0 aliphatic carbocycles. The molecule has 4 heteroatoms. The molecular formula is C18H27NO3. The Morgan fingerprint density at radius 2 is 1.68 bits per heavy atom. The second-order valence-corrected chi connectivity index (χ2v) is 5.72. The first-order valence-electron chi connectivity index (χ1n) is 8.19. The van der Waals surface area contributed by atoms with E-state index < -0.39 is 5.97 Å². The summed E-state index contributed by atoms with van der Waals surface area (Å²) >= 11 is 0. The van der Waals surface area contributed by atoms with E-state index in [9.17, 15) is 9.59 Å². The molecule has 22 heavy (non-hydrogen) atoms. The number of carbonyl (C=O) groups is 2. The van der Waals surface area contributed by atoms with Gasteiger partial charge in [-0.15, -0.1) is 0 Å². The number of benzene rings is 1. The third kappa shape index (κ3) is 6.29. The molecule has 0 saturated heterocycles. The van der Waals surface area contributed by atoms with Crippen molar-refractivity contribution in [3.63, 3.8) is 0 Å². The Kier molecular flexibility index (Phi) is 8.26. The fourth-order valence-corrected chi connectivity index (χ4v) is 2.46. The zero-order chi connectivity index (χ0) is 16.4. The zero-order valence-electron chi connectivity index (χ0n) is 13.7. The summed E-state index contributed by atoms with van der Waals surface area (Å²) in [4.78, 5) is 23.2. The lowest BCUT2D eigenvalue weighted by Gasteiger charge is -2.11. The lowest BCUT2D eigenvalue weighted by molar-refractivity contribution is -0.116. The van der Waals surface area contributed by atoms with Crippen LogP contribution in [-0.2, 0) is 4.79 Å². The fraction of sp³-hybridized carbons (Fsp3) is 0.556. The Morgan fingerprint density at radius 3 is 2.32 bits per heavy atom. The van der Waals surface area contributed by atoms with Gasteiger partial charge in [0, 0.05) is 6.42 Å². The third-order valence-electron chi connectivity index (χ3n) is 3.78. The molecule has 1 aromatic rings. The highest BCUT2D eigenvalue weighted by Gasteiger charge is 2.14. The highest BCUT2D eigenvalue weighted by molar-refractivity contribution is 6.01. The lowest BCUT2D eigenvalue weighted by Crippen LogP contribution is -2.15. The van der Waals surface area contributed by atoms with Crippen molar-refractivity contribution in [3.8, 4) is 0 Å². The molecule has 0 atom stereocenters. The summed E-state index contributed by atoms with van der Waals surface area (Å²) in [5.41, 5.74) is 1.34. The van der Waals surface area contributed by atoms with E-state index >= 15 is 0 Å². The Balaban J connectivity index is 2.38. The van der Waals surface area contributed by atoms with Gasteiger partial charge in [-0.2, -0.15) is 0 Å². The van der Waals surface area contributed by atoms with Crippen LogP contribution in [0.15, 0.2) is 18.2 Å². The standard InChI is InChI=1S/C18H27NO3/c1-3-4-5-6-7-8-9-13-16(20)19-17-14(2)11-10-12-15(17)18(21)22/h10-12H,3-9,13H2,1-2H3,(H,19,20)(H,21,22). The van der Waals surface area contributed by atoms with Gasteiger partial charge in [-0.3, -0.25) is 4.79 Å². The summed E-state index contributed by atoms with van der Waals surface area (Å²) in [6.45, 7) is 4.00. The molecule has 0 heterocycles. The zero-order valence-corrected chi connectivity index (χ0v) is 13.7. The number of carboxylic acids is 1. The Hall–Kier alpha value is -1.84. The number of aromatic carboxylic acids is 1. The molecule has 0 spiro atoms. The Labute approximate surface area is 132 Å². The molecule has 122 valence electrons. The van der Waals surface area contributed by atoms with E-state index in [1.54, 1.807) is 19.1 Å². The molecule has 0 saturated carbocycles. The largest absolute Gasteiger partial charge is 0.478 e. The van der Waals surface area contributed by atoms with E-state index in [2.05, 4.69) is 12.2 Å². The molecule has 0 unspecified atom stereocenters. The first-order chi connectivity index (χ1) is 10.6. The summed E-state index contributed by atoms with van der Waals surface area (Å²) in [6, 6.07) is 5.00. The minimum Gasteiger partial charge on any atom is -0.478 e. The Bertz CT molecular complexity index is 497. The van der Waals surface area contributed by atoms with Crippen molar-refractivity contribution in [1.82, 2.24) is 0 Å². The van der Waals surface area contributed by atoms with Gasteiger partial charge in [0.25, 0.3) is 0 Å². The van der Waals surface area contributed by atoms with Crippen LogP contribution in [-0.4, -0.2) is 17.0 Å². The lowest BCUT2D eigenvalue weighted by atomic mass is 10.1. The van der Waals surface area contributed by atoms with Crippen LogP contribution in [0, 0.1) is 6.92 Å². The van der Waals surface area contributed by atoms with Crippen LogP contribution in [0.2, 0.25) is 0 Å². The van der Waals surface area contributed by atoms with E-state index in [0.717, 1.165) is 24.8 Å². The number of nitrogens with one attached hydrogen (secondary N) is 1. The van der Waals surface area contributed by atoms with Gasteiger partial charge < -0.3 is 10.4 Å². The number of anilines is 1. The predicted octanol–water partition coefficient (Wildman–Crippen LogP) is 4.77. The van der Waals surface area contributed by atoms with Crippen LogP contribution in [0.5, 0.6) is 0 Å². The van der Waals surface area contributed by atoms with E-state index in [1.165, 1.54) is 31.7 Å². The van der Waals surface area contributed by atoms with E-state index in [1.807, 2.05) is 0 Å². The molecule has 1 amide bonds. The van der Waals surface area contributed by atoms with Gasteiger partial charge in [0.1, 0.15) is 0 Å². The number of unbranched alkanes of at least 4 members (excludes halogenated alkanes) is 6. The van der Waals surface area contributed by atoms with Crippen molar-refractivity contribution in [3.05, 3.63) is 29.3 Å². The monoisotopic (exact) mass is 305 g/mol. The quantitative estimate of drug-likeness (QED) is 0.612. The number of amides is 1. The minimum atomic E-state index is -1.02. The molecule has 0 aromatic heterocycles. The maximum absolute atomic E-state index is 12.0. The van der Waals surface area contributed by atoms with Gasteiger partial charge >= 0.3 is 5.97 Å². The van der Waals surface area contributed by atoms with Crippen LogP contribution in [0.4, 0.5) is 5.69 Å². The third-order valence-corrected chi connectivity index (χ3v) is 3.78. The second kappa shape index (κ2) is 9.98. The first kappa shape index (κ1) is 18.2. The number of hydrogen-bond donors (Lipinski definition) is 2. The smallest absolute Gasteiger partial charge is 0.337 e. The predicted molar refractivity (Wildman–Crippen MR) is 89.4 cm³/mol. The molecular weight excluding hydrogens is 278 g/mol. The van der Waals surface area contributed by atoms with Crippen molar-refractivity contribution in [2.45, 2.75) is 65.2 Å². The van der Waals surface area contributed by atoms with E-state index in [4.69, 9.17) is 5.11 Å². The Morgan fingerprint density at radius 1 is 1.05 bits per heavy atom. The van der Waals surface area contributed by atoms with Crippen LogP contribution in [0.1, 0.15) is 74.2 Å². The van der Waals surface area contributed by atoms with E-state index in [0.29, 0.717) is 12.1 Å². The maximum atomic E-state index is 12.0. The molecule has 1 aromatic carbocycles. The molecule has 0 radical (unpaired) electrons. The first-order valence-corrected chi connectivity index (χ1v) is 8.19. The highest BCUT2D eigenvalue weighted by atomic mass is 16.4. The summed E-state index contributed by atoms with van der Waals surface area (Å²) < 4.78 is 0. The number of carboxylic acid groups (broad SMARTS) is 1. The van der Waals surface area contributed by atoms with Crippen molar-refractivity contribution >= 4 is 17.6 Å². The van der Waals surface area contributed by atoms with Crippen molar-refractivity contribution in [2.75, 3.05) is 5.32 Å². The molecule has 4 nitrogen and oxygen atoms in total. The molecule has 0 aliphatic rings. The minimum absolute atomic E-state index is 0.106. The molecule has 2 N–H and O–H groups in total. The summed E-state index contributed by atoms with van der Waals surface area (Å²) in [5, 5.41) is 11.9. The van der Waals surface area contributed by atoms with Crippen LogP contribution in [0.25, 0.3) is 0 Å². The fourth-order valence-electron chi connectivity index (χ4n) is 2.46. The van der Waals surface area contributed by atoms with Gasteiger partial charge in [0.15, 0.2) is 0 Å². The number of para-hydroxylation sites is 1. The topological polar surface area (TPSA) is 66.4 Å². The van der Waals surface area contributed by atoms with Crippen LogP contribution >= 0.6 is 0 Å². The van der Waals surface area contributed by atoms with Gasteiger partial charge in [-0.05, 0) is 25.0 Å². The normalized spacial score (nSPS) is 10.5.